The van der Waals surface area contributed by atoms with E-state index in [1.54, 1.807) is 28.0 Å². The molecule has 0 unspecified atom stereocenters. The molecular formula is C15H19F3N2O2. The maximum Gasteiger partial charge on any atom is 0.327 e. The summed E-state index contributed by atoms with van der Waals surface area (Å²) in [5.41, 5.74) is 0.247. The molecule has 0 aliphatic carbocycles. The second kappa shape index (κ2) is 7.60. The van der Waals surface area contributed by atoms with Crippen LogP contribution in [-0.2, 0) is 9.53 Å². The molecule has 0 saturated carbocycles. The highest BCUT2D eigenvalue weighted by molar-refractivity contribution is 5.77. The van der Waals surface area contributed by atoms with E-state index < -0.39 is 24.3 Å². The summed E-state index contributed by atoms with van der Waals surface area (Å²) in [5.74, 6) is -1.03. The maximum atomic E-state index is 14.0. The monoisotopic (exact) mass is 316 g/mol. The summed E-state index contributed by atoms with van der Waals surface area (Å²) in [5, 5.41) is 0. The zero-order valence-corrected chi connectivity index (χ0v) is 12.3. The Kier molecular flexibility index (Phi) is 5.79. The topological polar surface area (TPSA) is 32.8 Å². The molecule has 0 aromatic heterocycles. The van der Waals surface area contributed by atoms with Crippen LogP contribution >= 0.6 is 0 Å². The van der Waals surface area contributed by atoms with Gasteiger partial charge in [0.15, 0.2) is 0 Å². The zero-order valence-electron chi connectivity index (χ0n) is 12.3. The van der Waals surface area contributed by atoms with Gasteiger partial charge in [0.05, 0.1) is 13.7 Å². The number of nitrogens with zero attached hydrogens (tertiary/aromatic N) is 2. The number of alkyl halides is 2. The Morgan fingerprint density at radius 1 is 1.23 bits per heavy atom. The van der Waals surface area contributed by atoms with Crippen LogP contribution in [0.4, 0.5) is 13.2 Å². The Hall–Kier alpha value is -1.60. The highest BCUT2D eigenvalue weighted by Gasteiger charge is 2.33. The minimum atomic E-state index is -2.38. The van der Waals surface area contributed by atoms with E-state index in [4.69, 9.17) is 4.74 Å². The Labute approximate surface area is 127 Å². The minimum Gasteiger partial charge on any atom is -0.468 e. The van der Waals surface area contributed by atoms with Crippen molar-refractivity contribution >= 4 is 5.97 Å². The fourth-order valence-electron chi connectivity index (χ4n) is 2.68. The summed E-state index contributed by atoms with van der Waals surface area (Å²) in [6.45, 7) is 1.34. The highest BCUT2D eigenvalue weighted by atomic mass is 19.3. The molecule has 0 N–H and O–H groups in total. The van der Waals surface area contributed by atoms with Crippen molar-refractivity contribution in [2.45, 2.75) is 12.5 Å². The highest BCUT2D eigenvalue weighted by Crippen LogP contribution is 2.26. The summed E-state index contributed by atoms with van der Waals surface area (Å²) < 4.78 is 43.6. The number of rotatable bonds is 5. The Morgan fingerprint density at radius 3 is 2.41 bits per heavy atom. The third-order valence-electron chi connectivity index (χ3n) is 3.79. The van der Waals surface area contributed by atoms with Crippen LogP contribution < -0.4 is 0 Å². The number of ether oxygens (including phenoxy) is 1. The van der Waals surface area contributed by atoms with Gasteiger partial charge < -0.3 is 4.74 Å². The first-order valence-corrected chi connectivity index (χ1v) is 7.09. The number of benzene rings is 1. The smallest absolute Gasteiger partial charge is 0.327 e. The van der Waals surface area contributed by atoms with E-state index in [-0.39, 0.29) is 12.1 Å². The average Bonchev–Trinajstić information content (AvgIpc) is 2.50. The van der Waals surface area contributed by atoms with Gasteiger partial charge in [-0.1, -0.05) is 18.2 Å². The predicted octanol–water partition coefficient (Wildman–Crippen LogP) is 1.92. The minimum absolute atomic E-state index is 0.247. The average molecular weight is 316 g/mol. The lowest BCUT2D eigenvalue weighted by molar-refractivity contribution is -0.148. The summed E-state index contributed by atoms with van der Waals surface area (Å²) in [6, 6.07) is 5.19. The van der Waals surface area contributed by atoms with E-state index in [0.29, 0.717) is 26.2 Å². The molecule has 0 radical (unpaired) electrons. The first-order chi connectivity index (χ1) is 10.5. The molecule has 1 aromatic carbocycles. The van der Waals surface area contributed by atoms with Gasteiger partial charge in [0.2, 0.25) is 0 Å². The summed E-state index contributed by atoms with van der Waals surface area (Å²) in [7, 11) is 1.25. The molecule has 122 valence electrons. The van der Waals surface area contributed by atoms with Gasteiger partial charge in [-0.3, -0.25) is 9.80 Å². The molecule has 1 aliphatic heterocycles. The summed E-state index contributed by atoms with van der Waals surface area (Å²) in [6.07, 6.45) is -2.38. The lowest BCUT2D eigenvalue weighted by Gasteiger charge is -2.38. The SMILES string of the molecule is COC(=O)[C@H](c1ccccc1F)N1CCN(CC(F)F)CC1. The zero-order chi connectivity index (χ0) is 16.1. The quantitative estimate of drug-likeness (QED) is 0.777. The lowest BCUT2D eigenvalue weighted by atomic mass is 10.0. The van der Waals surface area contributed by atoms with Gasteiger partial charge in [-0.2, -0.15) is 0 Å². The molecule has 7 heteroatoms. The van der Waals surface area contributed by atoms with E-state index in [1.807, 2.05) is 0 Å². The van der Waals surface area contributed by atoms with Crippen LogP contribution in [0.1, 0.15) is 11.6 Å². The van der Waals surface area contributed by atoms with Crippen molar-refractivity contribution < 1.29 is 22.7 Å². The van der Waals surface area contributed by atoms with Crippen LogP contribution in [-0.4, -0.2) is 62.0 Å². The maximum absolute atomic E-state index is 14.0. The first kappa shape index (κ1) is 16.8. The molecule has 1 aromatic rings. The van der Waals surface area contributed by atoms with Crippen molar-refractivity contribution in [2.24, 2.45) is 0 Å². The molecule has 0 spiro atoms. The van der Waals surface area contributed by atoms with Gasteiger partial charge in [-0.05, 0) is 6.07 Å². The number of hydrogen-bond acceptors (Lipinski definition) is 4. The lowest BCUT2D eigenvalue weighted by Crippen LogP contribution is -2.50. The number of carbonyl (C=O) groups excluding carboxylic acids is 1. The molecular weight excluding hydrogens is 297 g/mol. The Morgan fingerprint density at radius 2 is 1.86 bits per heavy atom. The summed E-state index contributed by atoms with van der Waals surface area (Å²) in [4.78, 5) is 15.5. The number of methoxy groups -OCH3 is 1. The molecule has 0 bridgehead atoms. The van der Waals surface area contributed by atoms with Crippen molar-refractivity contribution in [1.29, 1.82) is 0 Å². The molecule has 2 rings (SSSR count). The summed E-state index contributed by atoms with van der Waals surface area (Å²) >= 11 is 0. The Bertz CT molecular complexity index is 505. The molecule has 4 nitrogen and oxygen atoms in total. The van der Waals surface area contributed by atoms with Crippen molar-refractivity contribution in [3.8, 4) is 0 Å². The number of esters is 1. The van der Waals surface area contributed by atoms with E-state index >= 15 is 0 Å². The third-order valence-corrected chi connectivity index (χ3v) is 3.79. The van der Waals surface area contributed by atoms with Gasteiger partial charge >= 0.3 is 5.97 Å². The fraction of sp³-hybridized carbons (Fsp3) is 0.533. The molecule has 1 atom stereocenters. The predicted molar refractivity (Wildman–Crippen MR) is 75.2 cm³/mol. The third kappa shape index (κ3) is 3.98. The Balaban J connectivity index is 2.12. The van der Waals surface area contributed by atoms with Crippen molar-refractivity contribution in [3.05, 3.63) is 35.6 Å². The second-order valence-corrected chi connectivity index (χ2v) is 5.17. The van der Waals surface area contributed by atoms with Gasteiger partial charge in [0, 0.05) is 31.7 Å². The van der Waals surface area contributed by atoms with E-state index in [2.05, 4.69) is 0 Å². The van der Waals surface area contributed by atoms with E-state index in [0.717, 1.165) is 0 Å². The van der Waals surface area contributed by atoms with E-state index in [1.165, 1.54) is 13.2 Å². The largest absolute Gasteiger partial charge is 0.468 e. The van der Waals surface area contributed by atoms with Gasteiger partial charge in [0.1, 0.15) is 11.9 Å². The van der Waals surface area contributed by atoms with Crippen LogP contribution in [0.2, 0.25) is 0 Å². The molecule has 1 fully saturated rings. The molecule has 1 saturated heterocycles. The fourth-order valence-corrected chi connectivity index (χ4v) is 2.68. The van der Waals surface area contributed by atoms with Crippen LogP contribution in [0.25, 0.3) is 0 Å². The second-order valence-electron chi connectivity index (χ2n) is 5.17. The van der Waals surface area contributed by atoms with Crippen molar-refractivity contribution in [2.75, 3.05) is 39.8 Å². The van der Waals surface area contributed by atoms with Crippen molar-refractivity contribution in [1.82, 2.24) is 9.80 Å². The van der Waals surface area contributed by atoms with E-state index in [9.17, 15) is 18.0 Å². The van der Waals surface area contributed by atoms with Crippen LogP contribution in [0, 0.1) is 5.82 Å². The molecule has 22 heavy (non-hydrogen) atoms. The van der Waals surface area contributed by atoms with Crippen LogP contribution in [0.3, 0.4) is 0 Å². The number of halogens is 3. The normalized spacial score (nSPS) is 18.4. The van der Waals surface area contributed by atoms with Gasteiger partial charge in [0.25, 0.3) is 6.43 Å². The number of hydrogen-bond donors (Lipinski definition) is 0. The number of carbonyl (C=O) groups is 1. The first-order valence-electron chi connectivity index (χ1n) is 7.09. The molecule has 1 heterocycles. The standard InChI is InChI=1S/C15H19F3N2O2/c1-22-15(21)14(11-4-2-3-5-12(11)16)20-8-6-19(7-9-20)10-13(17)18/h2-5,13-14H,6-10H2,1H3/t14-/m0/s1. The van der Waals surface area contributed by atoms with Crippen LogP contribution in [0.5, 0.6) is 0 Å². The van der Waals surface area contributed by atoms with Crippen LogP contribution in [0.15, 0.2) is 24.3 Å². The van der Waals surface area contributed by atoms with Gasteiger partial charge in [-0.15, -0.1) is 0 Å². The molecule has 1 aliphatic rings. The van der Waals surface area contributed by atoms with Gasteiger partial charge in [-0.25, -0.2) is 18.0 Å². The number of piperazine rings is 1. The van der Waals surface area contributed by atoms with Crippen molar-refractivity contribution in [3.63, 3.8) is 0 Å². The molecule has 0 amide bonds.